The summed E-state index contributed by atoms with van der Waals surface area (Å²) in [5.41, 5.74) is 0. The standard InChI is InChI=1S/C7H10N2O/c1-2-9-5-4-8-7(9)3-6-10/h2,4-5,10H,1,3,6H2. The van der Waals surface area contributed by atoms with Gasteiger partial charge in [0.1, 0.15) is 5.82 Å². The molecule has 0 radical (unpaired) electrons. The number of hydrogen-bond acceptors (Lipinski definition) is 2. The van der Waals surface area contributed by atoms with Gasteiger partial charge in [0, 0.05) is 25.0 Å². The summed E-state index contributed by atoms with van der Waals surface area (Å²) in [6.45, 7) is 3.72. The second-order valence-electron chi connectivity index (χ2n) is 1.91. The smallest absolute Gasteiger partial charge is 0.114 e. The first kappa shape index (κ1) is 7.02. The summed E-state index contributed by atoms with van der Waals surface area (Å²) < 4.78 is 1.79. The highest BCUT2D eigenvalue weighted by Gasteiger charge is 1.96. The fraction of sp³-hybridized carbons (Fsp3) is 0.286. The average molecular weight is 138 g/mol. The van der Waals surface area contributed by atoms with Crippen LogP contribution >= 0.6 is 0 Å². The summed E-state index contributed by atoms with van der Waals surface area (Å²) in [7, 11) is 0. The lowest BCUT2D eigenvalue weighted by Gasteiger charge is -1.97. The van der Waals surface area contributed by atoms with Crippen LogP contribution in [0.3, 0.4) is 0 Å². The molecule has 1 aromatic heterocycles. The monoisotopic (exact) mass is 138 g/mol. The molecule has 0 aliphatic rings. The molecule has 0 spiro atoms. The van der Waals surface area contributed by atoms with E-state index < -0.39 is 0 Å². The molecule has 3 heteroatoms. The van der Waals surface area contributed by atoms with Crippen molar-refractivity contribution in [2.45, 2.75) is 6.42 Å². The molecule has 0 amide bonds. The Hall–Kier alpha value is -1.09. The van der Waals surface area contributed by atoms with Gasteiger partial charge in [-0.3, -0.25) is 0 Å². The van der Waals surface area contributed by atoms with Gasteiger partial charge >= 0.3 is 0 Å². The Kier molecular flexibility index (Phi) is 2.23. The van der Waals surface area contributed by atoms with Crippen molar-refractivity contribution in [2.75, 3.05) is 6.61 Å². The van der Waals surface area contributed by atoms with Crippen molar-refractivity contribution in [3.63, 3.8) is 0 Å². The molecule has 0 atom stereocenters. The van der Waals surface area contributed by atoms with E-state index in [2.05, 4.69) is 11.6 Å². The summed E-state index contributed by atoms with van der Waals surface area (Å²) in [5.74, 6) is 0.845. The number of nitrogens with zero attached hydrogens (tertiary/aromatic N) is 2. The molecule has 0 saturated carbocycles. The highest BCUT2D eigenvalue weighted by Crippen LogP contribution is 1.97. The minimum Gasteiger partial charge on any atom is -0.396 e. The van der Waals surface area contributed by atoms with Gasteiger partial charge in [-0.2, -0.15) is 0 Å². The lowest BCUT2D eigenvalue weighted by molar-refractivity contribution is 0.296. The maximum Gasteiger partial charge on any atom is 0.114 e. The van der Waals surface area contributed by atoms with Gasteiger partial charge in [0.2, 0.25) is 0 Å². The third kappa shape index (κ3) is 1.25. The topological polar surface area (TPSA) is 38.0 Å². The van der Waals surface area contributed by atoms with Crippen molar-refractivity contribution in [3.8, 4) is 0 Å². The van der Waals surface area contributed by atoms with Crippen LogP contribution in [0.15, 0.2) is 19.0 Å². The van der Waals surface area contributed by atoms with Gasteiger partial charge < -0.3 is 9.67 Å². The second-order valence-corrected chi connectivity index (χ2v) is 1.91. The van der Waals surface area contributed by atoms with Crippen LogP contribution in [0.2, 0.25) is 0 Å². The molecule has 0 unspecified atom stereocenters. The van der Waals surface area contributed by atoms with Crippen LogP contribution < -0.4 is 0 Å². The van der Waals surface area contributed by atoms with Gasteiger partial charge in [0.15, 0.2) is 0 Å². The fourth-order valence-corrected chi connectivity index (χ4v) is 0.804. The van der Waals surface area contributed by atoms with Crippen molar-refractivity contribution in [1.29, 1.82) is 0 Å². The summed E-state index contributed by atoms with van der Waals surface area (Å²) in [4.78, 5) is 4.01. The zero-order valence-electron chi connectivity index (χ0n) is 5.70. The summed E-state index contributed by atoms with van der Waals surface area (Å²) in [6, 6.07) is 0. The molecular weight excluding hydrogens is 128 g/mol. The number of aliphatic hydroxyl groups is 1. The molecule has 1 aromatic rings. The Morgan fingerprint density at radius 3 is 3.20 bits per heavy atom. The number of imidazole rings is 1. The Bertz CT molecular complexity index is 217. The first-order valence-corrected chi connectivity index (χ1v) is 3.13. The number of aromatic nitrogens is 2. The molecule has 0 aliphatic heterocycles. The third-order valence-corrected chi connectivity index (χ3v) is 1.28. The largest absolute Gasteiger partial charge is 0.396 e. The van der Waals surface area contributed by atoms with E-state index in [4.69, 9.17) is 5.11 Å². The normalized spacial score (nSPS) is 9.70. The molecular formula is C7H10N2O. The van der Waals surface area contributed by atoms with E-state index in [9.17, 15) is 0 Å². The maximum absolute atomic E-state index is 8.57. The third-order valence-electron chi connectivity index (χ3n) is 1.28. The van der Waals surface area contributed by atoms with Crippen molar-refractivity contribution in [1.82, 2.24) is 9.55 Å². The van der Waals surface area contributed by atoms with E-state index in [0.29, 0.717) is 6.42 Å². The summed E-state index contributed by atoms with van der Waals surface area (Å²) in [6.07, 6.45) is 5.74. The van der Waals surface area contributed by atoms with E-state index >= 15 is 0 Å². The SMILES string of the molecule is C=Cn1ccnc1CCO. The summed E-state index contributed by atoms with van der Waals surface area (Å²) >= 11 is 0. The van der Waals surface area contributed by atoms with Gasteiger partial charge in [-0.05, 0) is 0 Å². The van der Waals surface area contributed by atoms with Gasteiger partial charge in [0.25, 0.3) is 0 Å². The van der Waals surface area contributed by atoms with Crippen LogP contribution in [0.5, 0.6) is 0 Å². The number of rotatable bonds is 3. The predicted octanol–water partition coefficient (Wildman–Crippen LogP) is 0.518. The lowest BCUT2D eigenvalue weighted by Crippen LogP contribution is -1.98. The summed E-state index contributed by atoms with van der Waals surface area (Å²) in [5, 5.41) is 8.57. The molecule has 0 aromatic carbocycles. The van der Waals surface area contributed by atoms with Crippen LogP contribution in [-0.2, 0) is 6.42 Å². The molecule has 0 saturated heterocycles. The first-order chi connectivity index (χ1) is 4.88. The van der Waals surface area contributed by atoms with Gasteiger partial charge in [-0.15, -0.1) is 0 Å². The van der Waals surface area contributed by atoms with E-state index in [1.54, 1.807) is 23.2 Å². The highest BCUT2D eigenvalue weighted by atomic mass is 16.3. The molecule has 54 valence electrons. The van der Waals surface area contributed by atoms with Crippen molar-refractivity contribution < 1.29 is 5.11 Å². The van der Waals surface area contributed by atoms with Crippen molar-refractivity contribution >= 4 is 6.20 Å². The number of aliphatic hydroxyl groups excluding tert-OH is 1. The quantitative estimate of drug-likeness (QED) is 0.661. The van der Waals surface area contributed by atoms with E-state index in [1.165, 1.54) is 0 Å². The number of hydrogen-bond donors (Lipinski definition) is 1. The molecule has 0 fully saturated rings. The first-order valence-electron chi connectivity index (χ1n) is 3.13. The van der Waals surface area contributed by atoms with Gasteiger partial charge in [-0.1, -0.05) is 6.58 Å². The van der Waals surface area contributed by atoms with Crippen LogP contribution in [0.1, 0.15) is 5.82 Å². The average Bonchev–Trinajstić information content (AvgIpc) is 2.36. The minimum absolute atomic E-state index is 0.130. The van der Waals surface area contributed by atoms with Crippen molar-refractivity contribution in [2.24, 2.45) is 0 Å². The molecule has 3 nitrogen and oxygen atoms in total. The molecule has 1 heterocycles. The van der Waals surface area contributed by atoms with Crippen LogP contribution in [-0.4, -0.2) is 21.3 Å². The van der Waals surface area contributed by atoms with Gasteiger partial charge in [-0.25, -0.2) is 4.98 Å². The molecule has 10 heavy (non-hydrogen) atoms. The molecule has 1 N–H and O–H groups in total. The zero-order valence-corrected chi connectivity index (χ0v) is 5.70. The van der Waals surface area contributed by atoms with Crippen molar-refractivity contribution in [3.05, 3.63) is 24.8 Å². The van der Waals surface area contributed by atoms with Crippen LogP contribution in [0, 0.1) is 0 Å². The molecule has 0 aliphatic carbocycles. The Morgan fingerprint density at radius 2 is 2.60 bits per heavy atom. The van der Waals surface area contributed by atoms with E-state index in [0.717, 1.165) is 5.82 Å². The van der Waals surface area contributed by atoms with Gasteiger partial charge in [0.05, 0.1) is 6.61 Å². The maximum atomic E-state index is 8.57. The Labute approximate surface area is 59.6 Å². The van der Waals surface area contributed by atoms with Crippen LogP contribution in [0.25, 0.3) is 6.20 Å². The molecule has 0 bridgehead atoms. The molecule has 1 rings (SSSR count). The second kappa shape index (κ2) is 3.17. The lowest BCUT2D eigenvalue weighted by atomic mass is 10.4. The Balaban J connectivity index is 2.79. The predicted molar refractivity (Wildman–Crippen MR) is 39.4 cm³/mol. The van der Waals surface area contributed by atoms with Crippen LogP contribution in [0.4, 0.5) is 0 Å². The minimum atomic E-state index is 0.130. The zero-order chi connectivity index (χ0) is 7.40. The fourth-order valence-electron chi connectivity index (χ4n) is 0.804. The van der Waals surface area contributed by atoms with E-state index in [1.807, 2.05) is 0 Å². The Morgan fingerprint density at radius 1 is 1.80 bits per heavy atom. The van der Waals surface area contributed by atoms with E-state index in [-0.39, 0.29) is 6.61 Å². The highest BCUT2D eigenvalue weighted by molar-refractivity contribution is 5.19.